The van der Waals surface area contributed by atoms with E-state index in [-0.39, 0.29) is 11.7 Å². The van der Waals surface area contributed by atoms with E-state index in [0.29, 0.717) is 31.1 Å². The Kier molecular flexibility index (Phi) is 5.80. The zero-order valence-electron chi connectivity index (χ0n) is 13.5. The molecule has 1 aliphatic rings. The number of hydrogen-bond acceptors (Lipinski definition) is 4. The largest absolute Gasteiger partial charge is 0.493 e. The molecule has 4 nitrogen and oxygen atoms in total. The van der Waals surface area contributed by atoms with Gasteiger partial charge >= 0.3 is 0 Å². The van der Waals surface area contributed by atoms with Gasteiger partial charge in [-0.3, -0.25) is 4.79 Å². The van der Waals surface area contributed by atoms with Crippen LogP contribution in [-0.4, -0.2) is 35.5 Å². The van der Waals surface area contributed by atoms with Crippen LogP contribution in [0.3, 0.4) is 0 Å². The minimum Gasteiger partial charge on any atom is -0.493 e. The lowest BCUT2D eigenvalue weighted by Crippen LogP contribution is -2.39. The number of ether oxygens (including phenoxy) is 1. The Balaban J connectivity index is 1.41. The molecule has 1 fully saturated rings. The summed E-state index contributed by atoms with van der Waals surface area (Å²) in [5.74, 6) is 0.722. The van der Waals surface area contributed by atoms with Crippen LogP contribution < -0.4 is 4.74 Å². The molecule has 1 aromatic carbocycles. The number of hydrogen-bond donors (Lipinski definition) is 0. The number of nitrogens with zero attached hydrogens (tertiary/aromatic N) is 2. The van der Waals surface area contributed by atoms with Gasteiger partial charge in [0.15, 0.2) is 0 Å². The highest BCUT2D eigenvalue weighted by Crippen LogP contribution is 2.28. The van der Waals surface area contributed by atoms with Crippen LogP contribution in [0.2, 0.25) is 0 Å². The lowest BCUT2D eigenvalue weighted by Gasteiger charge is -2.32. The van der Waals surface area contributed by atoms with Crippen LogP contribution in [0.15, 0.2) is 35.8 Å². The third-order valence-electron chi connectivity index (χ3n) is 4.17. The topological polar surface area (TPSA) is 42.4 Å². The van der Waals surface area contributed by atoms with E-state index in [1.807, 2.05) is 16.5 Å². The van der Waals surface area contributed by atoms with Gasteiger partial charge in [0.1, 0.15) is 11.6 Å². The fraction of sp³-hybridized carbons (Fsp3) is 0.444. The summed E-state index contributed by atoms with van der Waals surface area (Å²) in [5, 5.41) is 3.11. The second-order valence-corrected chi connectivity index (χ2v) is 6.88. The highest BCUT2D eigenvalue weighted by atomic mass is 32.1. The fourth-order valence-electron chi connectivity index (χ4n) is 2.97. The SMILES string of the molecule is O=C(CCCOc1cccc(F)c1)N1CCC[C@H](c2nccs2)C1. The molecule has 1 atom stereocenters. The second kappa shape index (κ2) is 8.24. The minimum atomic E-state index is -0.315. The van der Waals surface area contributed by atoms with Crippen molar-refractivity contribution in [1.82, 2.24) is 9.88 Å². The molecule has 1 saturated heterocycles. The first-order valence-corrected chi connectivity index (χ1v) is 9.16. The number of rotatable bonds is 6. The molecule has 0 N–H and O–H groups in total. The number of thiazole rings is 1. The molecule has 24 heavy (non-hydrogen) atoms. The zero-order chi connectivity index (χ0) is 16.8. The van der Waals surface area contributed by atoms with E-state index in [9.17, 15) is 9.18 Å². The maximum absolute atomic E-state index is 13.1. The van der Waals surface area contributed by atoms with Gasteiger partial charge in [-0.15, -0.1) is 11.3 Å². The first-order valence-electron chi connectivity index (χ1n) is 8.28. The minimum absolute atomic E-state index is 0.166. The second-order valence-electron chi connectivity index (χ2n) is 5.96. The molecule has 0 spiro atoms. The molecular weight excluding hydrogens is 327 g/mol. The number of amides is 1. The van der Waals surface area contributed by atoms with Crippen molar-refractivity contribution in [3.05, 3.63) is 46.7 Å². The van der Waals surface area contributed by atoms with Crippen molar-refractivity contribution < 1.29 is 13.9 Å². The summed E-state index contributed by atoms with van der Waals surface area (Å²) in [7, 11) is 0. The van der Waals surface area contributed by atoms with Crippen LogP contribution in [0.25, 0.3) is 0 Å². The molecule has 0 aliphatic carbocycles. The Hall–Kier alpha value is -1.95. The molecule has 6 heteroatoms. The number of carbonyl (C=O) groups excluding carboxylic acids is 1. The summed E-state index contributed by atoms with van der Waals surface area (Å²) in [6.07, 6.45) is 5.04. The van der Waals surface area contributed by atoms with Crippen molar-refractivity contribution in [1.29, 1.82) is 0 Å². The molecule has 2 aromatic rings. The summed E-state index contributed by atoms with van der Waals surface area (Å²) in [5.41, 5.74) is 0. The number of piperidine rings is 1. The van der Waals surface area contributed by atoms with Crippen LogP contribution in [-0.2, 0) is 4.79 Å². The fourth-order valence-corrected chi connectivity index (χ4v) is 3.74. The van der Waals surface area contributed by atoms with Gasteiger partial charge in [-0.25, -0.2) is 9.37 Å². The van der Waals surface area contributed by atoms with E-state index < -0.39 is 0 Å². The molecule has 128 valence electrons. The van der Waals surface area contributed by atoms with Crippen molar-refractivity contribution in [3.8, 4) is 5.75 Å². The predicted octanol–water partition coefficient (Wildman–Crippen LogP) is 3.85. The first kappa shape index (κ1) is 16.9. The summed E-state index contributed by atoms with van der Waals surface area (Å²) >= 11 is 1.66. The number of benzene rings is 1. The molecule has 0 unspecified atom stereocenters. The Bertz CT molecular complexity index is 663. The van der Waals surface area contributed by atoms with Gasteiger partial charge in [0.05, 0.1) is 11.6 Å². The Morgan fingerprint density at radius 1 is 1.46 bits per heavy atom. The van der Waals surface area contributed by atoms with Crippen LogP contribution in [0.4, 0.5) is 4.39 Å². The van der Waals surface area contributed by atoms with Gasteiger partial charge in [-0.05, 0) is 31.4 Å². The first-order chi connectivity index (χ1) is 11.7. The zero-order valence-corrected chi connectivity index (χ0v) is 14.3. The third kappa shape index (κ3) is 4.54. The van der Waals surface area contributed by atoms with Gasteiger partial charge in [0.25, 0.3) is 0 Å². The standard InChI is InChI=1S/C18H21FN2O2S/c19-15-5-1-6-16(12-15)23-10-3-7-17(22)21-9-2-4-14(13-21)18-20-8-11-24-18/h1,5-6,8,11-12,14H,2-4,7,9-10,13H2/t14-/m0/s1. The van der Waals surface area contributed by atoms with E-state index >= 15 is 0 Å². The van der Waals surface area contributed by atoms with E-state index in [2.05, 4.69) is 4.98 Å². The number of carbonyl (C=O) groups is 1. The predicted molar refractivity (Wildman–Crippen MR) is 91.8 cm³/mol. The van der Waals surface area contributed by atoms with Crippen molar-refractivity contribution in [3.63, 3.8) is 0 Å². The third-order valence-corrected chi connectivity index (χ3v) is 5.11. The van der Waals surface area contributed by atoms with E-state index in [0.717, 1.165) is 30.9 Å². The Labute approximate surface area is 145 Å². The molecule has 0 radical (unpaired) electrons. The quantitative estimate of drug-likeness (QED) is 0.745. The number of likely N-dealkylation sites (tertiary alicyclic amines) is 1. The summed E-state index contributed by atoms with van der Waals surface area (Å²) in [4.78, 5) is 18.7. The van der Waals surface area contributed by atoms with E-state index in [4.69, 9.17) is 4.74 Å². The summed E-state index contributed by atoms with van der Waals surface area (Å²) in [6, 6.07) is 6.06. The molecule has 3 rings (SSSR count). The van der Waals surface area contributed by atoms with Gasteiger partial charge in [-0.1, -0.05) is 6.07 Å². The molecular formula is C18H21FN2O2S. The molecule has 1 amide bonds. The van der Waals surface area contributed by atoms with Crippen LogP contribution >= 0.6 is 11.3 Å². The number of aromatic nitrogens is 1. The van der Waals surface area contributed by atoms with Crippen LogP contribution in [0.1, 0.15) is 36.6 Å². The highest BCUT2D eigenvalue weighted by Gasteiger charge is 2.25. The smallest absolute Gasteiger partial charge is 0.222 e. The van der Waals surface area contributed by atoms with E-state index in [1.54, 1.807) is 23.5 Å². The van der Waals surface area contributed by atoms with Gasteiger partial charge in [0, 0.05) is 43.1 Å². The molecule has 2 heterocycles. The average Bonchev–Trinajstić information content (AvgIpc) is 3.13. The lowest BCUT2D eigenvalue weighted by atomic mass is 9.98. The molecule has 1 aromatic heterocycles. The maximum atomic E-state index is 13.1. The molecule has 1 aliphatic heterocycles. The molecule has 0 saturated carbocycles. The Morgan fingerprint density at radius 3 is 3.17 bits per heavy atom. The normalized spacial score (nSPS) is 17.7. The van der Waals surface area contributed by atoms with Crippen molar-refractivity contribution in [2.45, 2.75) is 31.6 Å². The maximum Gasteiger partial charge on any atom is 0.222 e. The van der Waals surface area contributed by atoms with Crippen molar-refractivity contribution in [2.75, 3.05) is 19.7 Å². The number of halogens is 1. The van der Waals surface area contributed by atoms with E-state index in [1.165, 1.54) is 12.1 Å². The lowest BCUT2D eigenvalue weighted by molar-refractivity contribution is -0.132. The summed E-state index contributed by atoms with van der Waals surface area (Å²) < 4.78 is 18.5. The van der Waals surface area contributed by atoms with Gasteiger partial charge < -0.3 is 9.64 Å². The van der Waals surface area contributed by atoms with Gasteiger partial charge in [0.2, 0.25) is 5.91 Å². The van der Waals surface area contributed by atoms with Crippen molar-refractivity contribution >= 4 is 17.2 Å². The monoisotopic (exact) mass is 348 g/mol. The van der Waals surface area contributed by atoms with Crippen LogP contribution in [0, 0.1) is 5.82 Å². The Morgan fingerprint density at radius 2 is 2.38 bits per heavy atom. The van der Waals surface area contributed by atoms with Crippen molar-refractivity contribution in [2.24, 2.45) is 0 Å². The molecule has 0 bridgehead atoms. The van der Waals surface area contributed by atoms with Gasteiger partial charge in [-0.2, -0.15) is 0 Å². The average molecular weight is 348 g/mol. The van der Waals surface area contributed by atoms with Crippen LogP contribution in [0.5, 0.6) is 5.75 Å². The highest BCUT2D eigenvalue weighted by molar-refractivity contribution is 7.09. The summed E-state index contributed by atoms with van der Waals surface area (Å²) in [6.45, 7) is 2.00.